The lowest BCUT2D eigenvalue weighted by molar-refractivity contribution is -0.145. The van der Waals surface area contributed by atoms with Crippen molar-refractivity contribution < 1.29 is 29.0 Å². The van der Waals surface area contributed by atoms with E-state index in [1.807, 2.05) is 54.6 Å². The number of aliphatic hydroxyl groups excluding tert-OH is 1. The summed E-state index contributed by atoms with van der Waals surface area (Å²) < 4.78 is 11.4. The van der Waals surface area contributed by atoms with E-state index in [2.05, 4.69) is 23.8 Å². The monoisotopic (exact) mass is 632 g/mol. The van der Waals surface area contributed by atoms with Crippen LogP contribution >= 0.6 is 0 Å². The molecule has 3 atom stereocenters. The molecule has 0 aliphatic heterocycles. The van der Waals surface area contributed by atoms with Crippen LogP contribution in [0.2, 0.25) is 0 Å². The molecular formula is C38H52N2O6. The first-order valence-corrected chi connectivity index (χ1v) is 16.7. The van der Waals surface area contributed by atoms with Crippen LogP contribution in [-0.4, -0.2) is 48.2 Å². The van der Waals surface area contributed by atoms with Crippen LogP contribution in [-0.2, 0) is 32.1 Å². The van der Waals surface area contributed by atoms with Gasteiger partial charge in [-0.1, -0.05) is 86.7 Å². The maximum Gasteiger partial charge on any atom is 0.305 e. The van der Waals surface area contributed by atoms with Gasteiger partial charge in [0.1, 0.15) is 19.0 Å². The van der Waals surface area contributed by atoms with E-state index >= 15 is 0 Å². The summed E-state index contributed by atoms with van der Waals surface area (Å²) in [5.74, 6) is -0.285. The molecule has 1 fully saturated rings. The summed E-state index contributed by atoms with van der Waals surface area (Å²) in [6.07, 6.45) is 12.4. The first kappa shape index (κ1) is 36.6. The maximum absolute atomic E-state index is 13.4. The van der Waals surface area contributed by atoms with Crippen molar-refractivity contribution in [2.75, 3.05) is 13.2 Å². The molecule has 0 saturated heterocycles. The zero-order valence-corrected chi connectivity index (χ0v) is 27.2. The second-order valence-corrected chi connectivity index (χ2v) is 12.3. The summed E-state index contributed by atoms with van der Waals surface area (Å²) in [6, 6.07) is 16.7. The van der Waals surface area contributed by atoms with Gasteiger partial charge in [-0.3, -0.25) is 14.4 Å². The minimum absolute atomic E-state index is 0.0435. The van der Waals surface area contributed by atoms with Gasteiger partial charge < -0.3 is 25.2 Å². The lowest BCUT2D eigenvalue weighted by atomic mass is 9.84. The zero-order chi connectivity index (χ0) is 33.0. The van der Waals surface area contributed by atoms with Gasteiger partial charge in [-0.2, -0.15) is 0 Å². The first-order chi connectivity index (χ1) is 22.4. The Labute approximate surface area is 274 Å². The number of ether oxygens (including phenoxy) is 2. The molecule has 0 radical (unpaired) electrons. The molecule has 3 N–H and O–H groups in total. The maximum atomic E-state index is 13.4. The highest BCUT2D eigenvalue weighted by Crippen LogP contribution is 2.28. The Morgan fingerprint density at radius 3 is 2.33 bits per heavy atom. The van der Waals surface area contributed by atoms with E-state index in [4.69, 9.17) is 9.47 Å². The average molecular weight is 633 g/mol. The van der Waals surface area contributed by atoms with E-state index in [9.17, 15) is 19.5 Å². The number of amides is 2. The number of esters is 1. The van der Waals surface area contributed by atoms with Crippen LogP contribution in [0.3, 0.4) is 0 Å². The predicted molar refractivity (Wildman–Crippen MR) is 181 cm³/mol. The summed E-state index contributed by atoms with van der Waals surface area (Å²) in [6.45, 7) is 7.82. The van der Waals surface area contributed by atoms with Crippen LogP contribution in [0.4, 0.5) is 0 Å². The SMILES string of the molecule is C=CCCCC(=O)OC[C@H](CC1CCCCC1)NC(=O)[C@H](CC=C)CC(=O)N[C@H](CO)Cc1ccc(OCc2ccccc2)cc1. The third-order valence-electron chi connectivity index (χ3n) is 8.42. The molecule has 3 rings (SSSR count). The van der Waals surface area contributed by atoms with Crippen molar-refractivity contribution in [3.8, 4) is 5.75 Å². The van der Waals surface area contributed by atoms with Crippen molar-refractivity contribution >= 4 is 17.8 Å². The molecule has 250 valence electrons. The Morgan fingerprint density at radius 2 is 1.65 bits per heavy atom. The van der Waals surface area contributed by atoms with Gasteiger partial charge in [-0.05, 0) is 61.3 Å². The number of unbranched alkanes of at least 4 members (excludes halogenated alkanes) is 1. The Morgan fingerprint density at radius 1 is 0.913 bits per heavy atom. The zero-order valence-electron chi connectivity index (χ0n) is 27.2. The highest BCUT2D eigenvalue weighted by Gasteiger charge is 2.27. The van der Waals surface area contributed by atoms with Gasteiger partial charge in [-0.15, -0.1) is 13.2 Å². The predicted octanol–water partition coefficient (Wildman–Crippen LogP) is 6.22. The molecule has 0 unspecified atom stereocenters. The number of benzene rings is 2. The van der Waals surface area contributed by atoms with Crippen LogP contribution in [0.1, 0.15) is 81.8 Å². The van der Waals surface area contributed by atoms with Crippen LogP contribution in [0.15, 0.2) is 79.9 Å². The molecule has 0 bridgehead atoms. The number of hydrogen-bond acceptors (Lipinski definition) is 6. The second kappa shape index (κ2) is 21.0. The highest BCUT2D eigenvalue weighted by atomic mass is 16.5. The molecule has 1 saturated carbocycles. The fourth-order valence-electron chi connectivity index (χ4n) is 5.87. The standard InChI is InChI=1S/C38H52N2O6/c1-3-5-8-18-37(43)46-28-34(24-29-14-9-6-10-15-29)40-38(44)32(13-4-2)25-36(42)39-33(26-41)23-30-19-21-35(22-20-30)45-27-31-16-11-7-12-17-31/h3-4,7,11-12,16-17,19-22,29,32-34,41H,1-2,5-6,8-10,13-15,18,23-28H2,(H,39,42)(H,40,44)/t32-,33+,34+/m1/s1. The van der Waals surface area contributed by atoms with E-state index in [-0.39, 0.29) is 43.5 Å². The Balaban J connectivity index is 1.52. The fourth-order valence-corrected chi connectivity index (χ4v) is 5.87. The molecule has 1 aliphatic rings. The second-order valence-electron chi connectivity index (χ2n) is 12.3. The molecule has 1 aliphatic carbocycles. The van der Waals surface area contributed by atoms with Crippen molar-refractivity contribution in [1.29, 1.82) is 0 Å². The smallest absolute Gasteiger partial charge is 0.305 e. The van der Waals surface area contributed by atoms with Gasteiger partial charge in [-0.25, -0.2) is 0 Å². The lowest BCUT2D eigenvalue weighted by Crippen LogP contribution is -2.45. The van der Waals surface area contributed by atoms with E-state index in [1.54, 1.807) is 12.2 Å². The number of carbonyl (C=O) groups is 3. The van der Waals surface area contributed by atoms with Crippen LogP contribution < -0.4 is 15.4 Å². The topological polar surface area (TPSA) is 114 Å². The molecule has 0 heterocycles. The minimum atomic E-state index is -0.630. The number of carbonyl (C=O) groups excluding carboxylic acids is 3. The molecule has 46 heavy (non-hydrogen) atoms. The van der Waals surface area contributed by atoms with Gasteiger partial charge in [0.15, 0.2) is 0 Å². The van der Waals surface area contributed by atoms with Crippen molar-refractivity contribution in [1.82, 2.24) is 10.6 Å². The molecule has 0 spiro atoms. The number of hydrogen-bond donors (Lipinski definition) is 3. The normalized spacial score (nSPS) is 15.2. The Bertz CT molecular complexity index is 1210. The summed E-state index contributed by atoms with van der Waals surface area (Å²) in [5.41, 5.74) is 2.02. The van der Waals surface area contributed by atoms with Crippen molar-refractivity contribution in [3.63, 3.8) is 0 Å². The summed E-state index contributed by atoms with van der Waals surface area (Å²) in [5, 5.41) is 16.0. The van der Waals surface area contributed by atoms with E-state index in [0.29, 0.717) is 38.2 Å². The third kappa shape index (κ3) is 14.0. The van der Waals surface area contributed by atoms with Gasteiger partial charge in [0.05, 0.1) is 24.6 Å². The van der Waals surface area contributed by atoms with Crippen LogP contribution in [0, 0.1) is 11.8 Å². The summed E-state index contributed by atoms with van der Waals surface area (Å²) >= 11 is 0. The summed E-state index contributed by atoms with van der Waals surface area (Å²) in [4.78, 5) is 38.8. The van der Waals surface area contributed by atoms with Crippen LogP contribution in [0.25, 0.3) is 0 Å². The van der Waals surface area contributed by atoms with E-state index < -0.39 is 12.0 Å². The van der Waals surface area contributed by atoms with Crippen molar-refractivity contribution in [3.05, 3.63) is 91.0 Å². The van der Waals surface area contributed by atoms with E-state index in [0.717, 1.165) is 42.6 Å². The number of aliphatic hydroxyl groups is 1. The molecule has 0 aromatic heterocycles. The highest BCUT2D eigenvalue weighted by molar-refractivity contribution is 5.86. The van der Waals surface area contributed by atoms with Crippen LogP contribution in [0.5, 0.6) is 5.75 Å². The molecule has 2 amide bonds. The first-order valence-electron chi connectivity index (χ1n) is 16.7. The number of allylic oxidation sites excluding steroid dienone is 2. The molecule has 8 nitrogen and oxygen atoms in total. The molecular weight excluding hydrogens is 580 g/mol. The van der Waals surface area contributed by atoms with Crippen molar-refractivity contribution in [2.24, 2.45) is 11.8 Å². The lowest BCUT2D eigenvalue weighted by Gasteiger charge is -2.28. The number of rotatable bonds is 21. The Hall–Kier alpha value is -3.91. The minimum Gasteiger partial charge on any atom is -0.489 e. The Kier molecular flexibility index (Phi) is 16.7. The van der Waals surface area contributed by atoms with Gasteiger partial charge >= 0.3 is 5.97 Å². The third-order valence-corrected chi connectivity index (χ3v) is 8.42. The van der Waals surface area contributed by atoms with E-state index in [1.165, 1.54) is 19.3 Å². The van der Waals surface area contributed by atoms with Gasteiger partial charge in [0.2, 0.25) is 11.8 Å². The van der Waals surface area contributed by atoms with Gasteiger partial charge in [0, 0.05) is 12.8 Å². The molecule has 8 heteroatoms. The van der Waals surface area contributed by atoms with Crippen molar-refractivity contribution in [2.45, 2.75) is 95.7 Å². The quantitative estimate of drug-likeness (QED) is 0.0855. The summed E-state index contributed by atoms with van der Waals surface area (Å²) in [7, 11) is 0. The number of nitrogens with one attached hydrogen (secondary N) is 2. The fraction of sp³-hybridized carbons (Fsp3) is 0.500. The largest absolute Gasteiger partial charge is 0.489 e. The average Bonchev–Trinajstić information content (AvgIpc) is 3.07. The van der Waals surface area contributed by atoms with Gasteiger partial charge in [0.25, 0.3) is 0 Å². The molecule has 2 aromatic rings. The molecule has 2 aromatic carbocycles.